The van der Waals surface area contributed by atoms with E-state index < -0.39 is 5.97 Å². The highest BCUT2D eigenvalue weighted by Gasteiger charge is 2.18. The fraction of sp³-hybridized carbons (Fsp3) is 0.562. The van der Waals surface area contributed by atoms with Crippen LogP contribution in [0.5, 0.6) is 5.75 Å². The molecule has 0 spiro atoms. The maximum Gasteiger partial charge on any atom is 0.303 e. The van der Waals surface area contributed by atoms with Gasteiger partial charge in [0.1, 0.15) is 5.75 Å². The molecule has 2 rings (SSSR count). The Labute approximate surface area is 114 Å². The van der Waals surface area contributed by atoms with Crippen molar-refractivity contribution in [2.75, 3.05) is 7.11 Å². The highest BCUT2D eigenvalue weighted by Crippen LogP contribution is 2.34. The van der Waals surface area contributed by atoms with E-state index in [2.05, 4.69) is 13.0 Å². The quantitative estimate of drug-likeness (QED) is 0.885. The van der Waals surface area contributed by atoms with Gasteiger partial charge in [0.25, 0.3) is 0 Å². The molecule has 3 nitrogen and oxygen atoms in total. The van der Waals surface area contributed by atoms with Crippen molar-refractivity contribution in [3.63, 3.8) is 0 Å². The summed E-state index contributed by atoms with van der Waals surface area (Å²) in [5.41, 5.74) is 5.41. The summed E-state index contributed by atoms with van der Waals surface area (Å²) in [6.45, 7) is 2.16. The molecule has 1 aromatic rings. The van der Waals surface area contributed by atoms with E-state index in [9.17, 15) is 4.79 Å². The molecule has 1 N–H and O–H groups in total. The van der Waals surface area contributed by atoms with Crippen LogP contribution in [0.1, 0.15) is 47.9 Å². The topological polar surface area (TPSA) is 46.5 Å². The Bertz CT molecular complexity index is 477. The number of carboxylic acids is 1. The molecular formula is C16H22O3. The van der Waals surface area contributed by atoms with Crippen LogP contribution in [0.4, 0.5) is 0 Å². The highest BCUT2D eigenvalue weighted by atomic mass is 16.5. The monoisotopic (exact) mass is 262 g/mol. The van der Waals surface area contributed by atoms with Crippen LogP contribution in [-0.4, -0.2) is 18.2 Å². The number of carboxylic acid groups (broad SMARTS) is 1. The number of rotatable bonds is 5. The van der Waals surface area contributed by atoms with Crippen molar-refractivity contribution in [1.82, 2.24) is 0 Å². The zero-order valence-corrected chi connectivity index (χ0v) is 11.8. The maximum absolute atomic E-state index is 10.6. The van der Waals surface area contributed by atoms with Gasteiger partial charge in [0, 0.05) is 6.42 Å². The Morgan fingerprint density at radius 3 is 2.79 bits per heavy atom. The number of fused-ring (bicyclic) bond motifs is 1. The highest BCUT2D eigenvalue weighted by molar-refractivity contribution is 5.66. The van der Waals surface area contributed by atoms with Crippen LogP contribution in [0.25, 0.3) is 0 Å². The van der Waals surface area contributed by atoms with Gasteiger partial charge in [0.05, 0.1) is 7.11 Å². The lowest BCUT2D eigenvalue weighted by Crippen LogP contribution is -2.09. The summed E-state index contributed by atoms with van der Waals surface area (Å²) in [6.07, 6.45) is 6.49. The summed E-state index contributed by atoms with van der Waals surface area (Å²) in [4.78, 5) is 10.6. The first-order valence-electron chi connectivity index (χ1n) is 7.03. The number of benzene rings is 1. The van der Waals surface area contributed by atoms with E-state index in [1.165, 1.54) is 35.1 Å². The molecule has 0 amide bonds. The average molecular weight is 262 g/mol. The molecule has 0 heterocycles. The minimum absolute atomic E-state index is 0.222. The first kappa shape index (κ1) is 13.9. The Morgan fingerprint density at radius 1 is 1.37 bits per heavy atom. The SMILES string of the molecule is COc1cc2c(c(C)c1CCCC(=O)O)CCCC2. The number of hydrogen-bond donors (Lipinski definition) is 1. The van der Waals surface area contributed by atoms with E-state index in [1.54, 1.807) is 7.11 Å². The Hall–Kier alpha value is -1.51. The van der Waals surface area contributed by atoms with Crippen LogP contribution < -0.4 is 4.74 Å². The van der Waals surface area contributed by atoms with Gasteiger partial charge >= 0.3 is 5.97 Å². The second-order valence-electron chi connectivity index (χ2n) is 5.27. The number of carbonyl (C=O) groups is 1. The van der Waals surface area contributed by atoms with Crippen molar-refractivity contribution >= 4 is 5.97 Å². The number of methoxy groups -OCH3 is 1. The molecule has 0 aromatic heterocycles. The smallest absolute Gasteiger partial charge is 0.303 e. The molecule has 19 heavy (non-hydrogen) atoms. The van der Waals surface area contributed by atoms with Gasteiger partial charge in [0.2, 0.25) is 0 Å². The number of aliphatic carboxylic acids is 1. The first-order valence-corrected chi connectivity index (χ1v) is 7.03. The second kappa shape index (κ2) is 6.09. The van der Waals surface area contributed by atoms with Gasteiger partial charge in [-0.25, -0.2) is 0 Å². The van der Waals surface area contributed by atoms with Gasteiger partial charge in [0.15, 0.2) is 0 Å². The van der Waals surface area contributed by atoms with Crippen LogP contribution in [0.3, 0.4) is 0 Å². The van der Waals surface area contributed by atoms with E-state index in [4.69, 9.17) is 9.84 Å². The molecule has 0 saturated heterocycles. The molecule has 104 valence electrons. The van der Waals surface area contributed by atoms with Crippen LogP contribution in [0, 0.1) is 6.92 Å². The molecule has 1 aliphatic carbocycles. The van der Waals surface area contributed by atoms with E-state index in [1.807, 2.05) is 0 Å². The largest absolute Gasteiger partial charge is 0.496 e. The van der Waals surface area contributed by atoms with Gasteiger partial charge in [-0.05, 0) is 73.8 Å². The molecular weight excluding hydrogens is 240 g/mol. The summed E-state index contributed by atoms with van der Waals surface area (Å²) in [5, 5.41) is 8.75. The van der Waals surface area contributed by atoms with Crippen LogP contribution >= 0.6 is 0 Å². The van der Waals surface area contributed by atoms with Crippen LogP contribution in [0.2, 0.25) is 0 Å². The Kier molecular flexibility index (Phi) is 4.46. The number of hydrogen-bond acceptors (Lipinski definition) is 2. The van der Waals surface area contributed by atoms with Crippen molar-refractivity contribution in [3.05, 3.63) is 28.3 Å². The van der Waals surface area contributed by atoms with Gasteiger partial charge in [-0.1, -0.05) is 0 Å². The third-order valence-electron chi connectivity index (χ3n) is 4.06. The lowest BCUT2D eigenvalue weighted by molar-refractivity contribution is -0.137. The zero-order chi connectivity index (χ0) is 13.8. The molecule has 0 atom stereocenters. The third kappa shape index (κ3) is 3.09. The van der Waals surface area contributed by atoms with E-state index >= 15 is 0 Å². The molecule has 0 fully saturated rings. The van der Waals surface area contributed by atoms with Gasteiger partial charge in [-0.15, -0.1) is 0 Å². The predicted molar refractivity (Wildman–Crippen MR) is 74.9 cm³/mol. The molecule has 0 bridgehead atoms. The number of aryl methyl sites for hydroxylation is 1. The summed E-state index contributed by atoms with van der Waals surface area (Å²) in [7, 11) is 1.70. The lowest BCUT2D eigenvalue weighted by Gasteiger charge is -2.23. The fourth-order valence-corrected chi connectivity index (χ4v) is 3.04. The molecule has 1 aliphatic rings. The molecule has 3 heteroatoms. The predicted octanol–water partition coefficient (Wildman–Crippen LogP) is 3.29. The van der Waals surface area contributed by atoms with Gasteiger partial charge in [-0.3, -0.25) is 4.79 Å². The van der Waals surface area contributed by atoms with Crippen molar-refractivity contribution in [2.45, 2.75) is 51.9 Å². The summed E-state index contributed by atoms with van der Waals surface area (Å²) in [5.74, 6) is 0.207. The van der Waals surface area contributed by atoms with Crippen LogP contribution in [0.15, 0.2) is 6.07 Å². The van der Waals surface area contributed by atoms with Crippen molar-refractivity contribution < 1.29 is 14.6 Å². The maximum atomic E-state index is 10.6. The standard InChI is InChI=1S/C16H22O3/c1-11-13-7-4-3-6-12(13)10-15(19-2)14(11)8-5-9-16(17)18/h10H,3-9H2,1-2H3,(H,17,18). The summed E-state index contributed by atoms with van der Waals surface area (Å²) < 4.78 is 5.50. The Morgan fingerprint density at radius 2 is 2.11 bits per heavy atom. The average Bonchev–Trinajstić information content (AvgIpc) is 2.40. The molecule has 0 radical (unpaired) electrons. The van der Waals surface area contributed by atoms with Gasteiger partial charge < -0.3 is 9.84 Å². The molecule has 1 aromatic carbocycles. The second-order valence-corrected chi connectivity index (χ2v) is 5.27. The minimum Gasteiger partial charge on any atom is -0.496 e. The van der Waals surface area contributed by atoms with Gasteiger partial charge in [-0.2, -0.15) is 0 Å². The molecule has 0 saturated carbocycles. The van der Waals surface area contributed by atoms with E-state index in [0.717, 1.165) is 25.0 Å². The molecule has 0 aliphatic heterocycles. The van der Waals surface area contributed by atoms with Crippen molar-refractivity contribution in [2.24, 2.45) is 0 Å². The normalized spacial score (nSPS) is 14.0. The summed E-state index contributed by atoms with van der Waals surface area (Å²) in [6, 6.07) is 2.16. The fourth-order valence-electron chi connectivity index (χ4n) is 3.04. The van der Waals surface area contributed by atoms with E-state index in [0.29, 0.717) is 6.42 Å². The van der Waals surface area contributed by atoms with E-state index in [-0.39, 0.29) is 6.42 Å². The lowest BCUT2D eigenvalue weighted by atomic mass is 9.85. The molecule has 0 unspecified atom stereocenters. The Balaban J connectivity index is 2.27. The number of ether oxygens (including phenoxy) is 1. The first-order chi connectivity index (χ1) is 9.13. The zero-order valence-electron chi connectivity index (χ0n) is 11.8. The van der Waals surface area contributed by atoms with Crippen molar-refractivity contribution in [3.8, 4) is 5.75 Å². The van der Waals surface area contributed by atoms with Crippen molar-refractivity contribution in [1.29, 1.82) is 0 Å². The third-order valence-corrected chi connectivity index (χ3v) is 4.06. The minimum atomic E-state index is -0.727. The van der Waals surface area contributed by atoms with Crippen LogP contribution in [-0.2, 0) is 24.1 Å². The summed E-state index contributed by atoms with van der Waals surface area (Å²) >= 11 is 0.